The molecule has 0 saturated carbocycles. The lowest BCUT2D eigenvalue weighted by Gasteiger charge is -2.17. The number of amides is 2. The predicted octanol–water partition coefficient (Wildman–Crippen LogP) is 4.31. The van der Waals surface area contributed by atoms with Gasteiger partial charge < -0.3 is 9.64 Å². The molecule has 23 heavy (non-hydrogen) atoms. The monoisotopic (exact) mass is 333 g/mol. The first-order valence-corrected chi connectivity index (χ1v) is 8.50. The molecule has 6 heteroatoms. The molecule has 1 heterocycles. The van der Waals surface area contributed by atoms with Crippen LogP contribution in [-0.2, 0) is 0 Å². The molecule has 0 bridgehead atoms. The van der Waals surface area contributed by atoms with Crippen LogP contribution in [0.25, 0.3) is 11.3 Å². The van der Waals surface area contributed by atoms with Crippen LogP contribution in [0.2, 0.25) is 0 Å². The van der Waals surface area contributed by atoms with Crippen molar-refractivity contribution in [3.05, 3.63) is 28.6 Å². The van der Waals surface area contributed by atoms with Crippen molar-refractivity contribution < 1.29 is 9.53 Å². The SMILES string of the molecule is CCN(CC)C(=O)Nc1nc(-c2ccc(OC)c(C)c2)c(C)s1. The van der Waals surface area contributed by atoms with Crippen molar-refractivity contribution in [1.29, 1.82) is 0 Å². The van der Waals surface area contributed by atoms with E-state index in [1.165, 1.54) is 11.3 Å². The fourth-order valence-corrected chi connectivity index (χ4v) is 3.25. The number of thiazole rings is 1. The zero-order valence-corrected chi connectivity index (χ0v) is 15.1. The summed E-state index contributed by atoms with van der Waals surface area (Å²) in [6.07, 6.45) is 0. The Bertz CT molecular complexity index is 693. The maximum absolute atomic E-state index is 12.1. The van der Waals surface area contributed by atoms with Gasteiger partial charge in [0.05, 0.1) is 12.8 Å². The van der Waals surface area contributed by atoms with Crippen molar-refractivity contribution in [1.82, 2.24) is 9.88 Å². The van der Waals surface area contributed by atoms with E-state index in [1.54, 1.807) is 12.0 Å². The highest BCUT2D eigenvalue weighted by Gasteiger charge is 2.15. The number of carbonyl (C=O) groups is 1. The van der Waals surface area contributed by atoms with Crippen molar-refractivity contribution in [3.8, 4) is 17.0 Å². The van der Waals surface area contributed by atoms with Crippen LogP contribution in [0.3, 0.4) is 0 Å². The Hall–Kier alpha value is -2.08. The quantitative estimate of drug-likeness (QED) is 0.887. The summed E-state index contributed by atoms with van der Waals surface area (Å²) < 4.78 is 5.29. The number of hydrogen-bond donors (Lipinski definition) is 1. The molecule has 0 aliphatic carbocycles. The largest absolute Gasteiger partial charge is 0.496 e. The number of hydrogen-bond acceptors (Lipinski definition) is 4. The standard InChI is InChI=1S/C17H23N3O2S/c1-6-20(7-2)17(21)19-16-18-15(12(4)23-16)13-8-9-14(22-5)11(3)10-13/h8-10H,6-7H2,1-5H3,(H,18,19,21). The summed E-state index contributed by atoms with van der Waals surface area (Å²) in [6, 6.07) is 5.87. The molecule has 1 aromatic carbocycles. The first-order chi connectivity index (χ1) is 11.0. The predicted molar refractivity (Wildman–Crippen MR) is 95.5 cm³/mol. The minimum absolute atomic E-state index is 0.110. The Morgan fingerprint density at radius 1 is 1.30 bits per heavy atom. The molecule has 0 aliphatic heterocycles. The van der Waals surface area contributed by atoms with Gasteiger partial charge in [0, 0.05) is 23.5 Å². The molecule has 0 fully saturated rings. The molecular formula is C17H23N3O2S. The van der Waals surface area contributed by atoms with E-state index in [9.17, 15) is 4.79 Å². The van der Waals surface area contributed by atoms with E-state index in [0.29, 0.717) is 18.2 Å². The molecule has 0 atom stereocenters. The van der Waals surface area contributed by atoms with E-state index in [0.717, 1.165) is 27.4 Å². The second kappa shape index (κ2) is 7.46. The normalized spacial score (nSPS) is 10.5. The summed E-state index contributed by atoms with van der Waals surface area (Å²) in [5.74, 6) is 0.858. The summed E-state index contributed by atoms with van der Waals surface area (Å²) >= 11 is 1.49. The van der Waals surface area contributed by atoms with Crippen LogP contribution in [0.15, 0.2) is 18.2 Å². The van der Waals surface area contributed by atoms with Gasteiger partial charge in [-0.1, -0.05) is 0 Å². The summed E-state index contributed by atoms with van der Waals surface area (Å²) in [5.41, 5.74) is 2.99. The van der Waals surface area contributed by atoms with Gasteiger partial charge in [0.25, 0.3) is 0 Å². The Balaban J connectivity index is 2.24. The molecule has 0 radical (unpaired) electrons. The lowest BCUT2D eigenvalue weighted by molar-refractivity contribution is 0.217. The first-order valence-electron chi connectivity index (χ1n) is 7.68. The van der Waals surface area contributed by atoms with Gasteiger partial charge in [-0.3, -0.25) is 5.32 Å². The zero-order valence-electron chi connectivity index (χ0n) is 14.3. The van der Waals surface area contributed by atoms with Gasteiger partial charge in [-0.15, -0.1) is 11.3 Å². The summed E-state index contributed by atoms with van der Waals surface area (Å²) in [5, 5.41) is 3.51. The Morgan fingerprint density at radius 2 is 2.00 bits per heavy atom. The maximum Gasteiger partial charge on any atom is 0.323 e. The maximum atomic E-state index is 12.1. The van der Waals surface area contributed by atoms with Gasteiger partial charge in [-0.05, 0) is 51.5 Å². The number of nitrogens with one attached hydrogen (secondary N) is 1. The van der Waals surface area contributed by atoms with Crippen LogP contribution < -0.4 is 10.1 Å². The molecule has 0 aliphatic rings. The number of carbonyl (C=O) groups excluding carboxylic acids is 1. The minimum atomic E-state index is -0.110. The molecular weight excluding hydrogens is 310 g/mol. The van der Waals surface area contributed by atoms with Crippen LogP contribution in [0.4, 0.5) is 9.93 Å². The topological polar surface area (TPSA) is 54.5 Å². The lowest BCUT2D eigenvalue weighted by atomic mass is 10.1. The fraction of sp³-hybridized carbons (Fsp3) is 0.412. The Morgan fingerprint density at radius 3 is 2.57 bits per heavy atom. The molecule has 0 saturated heterocycles. The lowest BCUT2D eigenvalue weighted by Crippen LogP contribution is -2.34. The first kappa shape index (κ1) is 17.3. The number of aryl methyl sites for hydroxylation is 2. The number of rotatable bonds is 5. The van der Waals surface area contributed by atoms with E-state index in [1.807, 2.05) is 39.8 Å². The molecule has 1 N–H and O–H groups in total. The number of aromatic nitrogens is 1. The molecule has 2 aromatic rings. The highest BCUT2D eigenvalue weighted by molar-refractivity contribution is 7.16. The summed E-state index contributed by atoms with van der Waals surface area (Å²) in [4.78, 5) is 19.5. The second-order valence-corrected chi connectivity index (χ2v) is 6.41. The molecule has 0 unspecified atom stereocenters. The van der Waals surface area contributed by atoms with Gasteiger partial charge in [-0.2, -0.15) is 0 Å². The van der Waals surface area contributed by atoms with E-state index >= 15 is 0 Å². The van der Waals surface area contributed by atoms with Crippen molar-refractivity contribution in [2.75, 3.05) is 25.5 Å². The van der Waals surface area contributed by atoms with Gasteiger partial charge >= 0.3 is 6.03 Å². The van der Waals surface area contributed by atoms with Crippen LogP contribution in [0.5, 0.6) is 5.75 Å². The number of nitrogens with zero attached hydrogens (tertiary/aromatic N) is 2. The Labute approximate surface area is 141 Å². The summed E-state index contributed by atoms with van der Waals surface area (Å²) in [6.45, 7) is 9.30. The third kappa shape index (κ3) is 3.82. The number of urea groups is 1. The van der Waals surface area contributed by atoms with Gasteiger partial charge in [0.1, 0.15) is 5.75 Å². The van der Waals surface area contributed by atoms with Gasteiger partial charge in [-0.25, -0.2) is 9.78 Å². The van der Waals surface area contributed by atoms with Crippen molar-refractivity contribution in [2.24, 2.45) is 0 Å². The van der Waals surface area contributed by atoms with Crippen molar-refractivity contribution >= 4 is 22.5 Å². The fourth-order valence-electron chi connectivity index (χ4n) is 2.42. The number of methoxy groups -OCH3 is 1. The highest BCUT2D eigenvalue weighted by Crippen LogP contribution is 2.32. The Kier molecular flexibility index (Phi) is 5.60. The summed E-state index contributed by atoms with van der Waals surface area (Å²) in [7, 11) is 1.66. The average molecular weight is 333 g/mol. The number of anilines is 1. The molecule has 124 valence electrons. The van der Waals surface area contributed by atoms with Crippen LogP contribution in [-0.4, -0.2) is 36.1 Å². The average Bonchev–Trinajstić information content (AvgIpc) is 2.88. The van der Waals surface area contributed by atoms with Crippen molar-refractivity contribution in [2.45, 2.75) is 27.7 Å². The van der Waals surface area contributed by atoms with Crippen LogP contribution >= 0.6 is 11.3 Å². The van der Waals surface area contributed by atoms with Crippen molar-refractivity contribution in [3.63, 3.8) is 0 Å². The minimum Gasteiger partial charge on any atom is -0.496 e. The molecule has 0 spiro atoms. The van der Waals surface area contributed by atoms with Crippen LogP contribution in [0, 0.1) is 13.8 Å². The van der Waals surface area contributed by atoms with E-state index in [-0.39, 0.29) is 6.03 Å². The number of ether oxygens (including phenoxy) is 1. The second-order valence-electron chi connectivity index (χ2n) is 5.21. The smallest absolute Gasteiger partial charge is 0.323 e. The molecule has 2 rings (SSSR count). The molecule has 2 amide bonds. The third-order valence-corrected chi connectivity index (χ3v) is 4.62. The van der Waals surface area contributed by atoms with Gasteiger partial charge in [0.15, 0.2) is 5.13 Å². The zero-order chi connectivity index (χ0) is 17.0. The van der Waals surface area contributed by atoms with E-state index < -0.39 is 0 Å². The van der Waals surface area contributed by atoms with Crippen LogP contribution in [0.1, 0.15) is 24.3 Å². The third-order valence-electron chi connectivity index (χ3n) is 3.73. The number of benzene rings is 1. The van der Waals surface area contributed by atoms with Gasteiger partial charge in [0.2, 0.25) is 0 Å². The highest BCUT2D eigenvalue weighted by atomic mass is 32.1. The van der Waals surface area contributed by atoms with E-state index in [4.69, 9.17) is 4.74 Å². The molecule has 5 nitrogen and oxygen atoms in total. The molecule has 1 aromatic heterocycles. The van der Waals surface area contributed by atoms with E-state index in [2.05, 4.69) is 16.4 Å².